The van der Waals surface area contributed by atoms with Crippen molar-refractivity contribution in [2.45, 2.75) is 19.1 Å². The fraction of sp³-hybridized carbons (Fsp3) is 0.636. The maximum absolute atomic E-state index is 11.8. The van der Waals surface area contributed by atoms with Gasteiger partial charge in [-0.2, -0.15) is 11.8 Å². The van der Waals surface area contributed by atoms with Crippen LogP contribution in [0.2, 0.25) is 0 Å². The molecule has 0 aromatic carbocycles. The van der Waals surface area contributed by atoms with E-state index >= 15 is 0 Å². The molecular weight excluding hydrogens is 238 g/mol. The Balaban J connectivity index is 2.31. The highest BCUT2D eigenvalue weighted by molar-refractivity contribution is 7.98. The van der Waals surface area contributed by atoms with Crippen molar-refractivity contribution in [3.05, 3.63) is 18.7 Å². The summed E-state index contributed by atoms with van der Waals surface area (Å²) < 4.78 is 1.90. The normalized spacial score (nSPS) is 12.4. The highest BCUT2D eigenvalue weighted by Crippen LogP contribution is 2.03. The minimum Gasteiger partial charge on any atom is -0.383 e. The molecule has 1 atom stereocenters. The zero-order valence-electron chi connectivity index (χ0n) is 10.2. The summed E-state index contributed by atoms with van der Waals surface area (Å²) >= 11 is 1.63. The molecule has 1 aromatic rings. The molecule has 0 radical (unpaired) electrons. The Morgan fingerprint density at radius 2 is 2.41 bits per heavy atom. The molecule has 1 N–H and O–H groups in total. The number of amides is 1. The van der Waals surface area contributed by atoms with Crippen LogP contribution in [-0.4, -0.2) is 57.2 Å². The van der Waals surface area contributed by atoms with Crippen molar-refractivity contribution < 1.29 is 9.90 Å². The maximum atomic E-state index is 11.8. The molecule has 0 saturated carbocycles. The van der Waals surface area contributed by atoms with Crippen LogP contribution in [0.25, 0.3) is 0 Å². The number of rotatable bonds is 7. The quantitative estimate of drug-likeness (QED) is 0.771. The third-order valence-electron chi connectivity index (χ3n) is 2.51. The van der Waals surface area contributed by atoms with Crippen molar-refractivity contribution in [3.8, 4) is 0 Å². The van der Waals surface area contributed by atoms with Gasteiger partial charge in [-0.3, -0.25) is 4.79 Å². The second-order valence-corrected chi connectivity index (χ2v) is 4.84. The third kappa shape index (κ3) is 4.79. The first-order valence-electron chi connectivity index (χ1n) is 5.53. The molecule has 6 heteroatoms. The van der Waals surface area contributed by atoms with Gasteiger partial charge in [0.05, 0.1) is 6.33 Å². The second-order valence-electron chi connectivity index (χ2n) is 3.86. The van der Waals surface area contributed by atoms with E-state index in [4.69, 9.17) is 0 Å². The number of imidazole rings is 1. The summed E-state index contributed by atoms with van der Waals surface area (Å²) in [7, 11) is 1.71. The lowest BCUT2D eigenvalue weighted by Crippen LogP contribution is -2.38. The zero-order valence-corrected chi connectivity index (χ0v) is 11.1. The van der Waals surface area contributed by atoms with E-state index in [0.717, 1.165) is 5.75 Å². The predicted octanol–water partition coefficient (Wildman–Crippen LogP) is 0.455. The molecule has 0 saturated heterocycles. The molecule has 0 aliphatic heterocycles. The lowest BCUT2D eigenvalue weighted by molar-refractivity contribution is -0.139. The second kappa shape index (κ2) is 7.34. The molecular formula is C11H19N3O2S. The van der Waals surface area contributed by atoms with Crippen LogP contribution in [0.4, 0.5) is 0 Å². The van der Waals surface area contributed by atoms with E-state index in [1.54, 1.807) is 36.2 Å². The monoisotopic (exact) mass is 257 g/mol. The molecule has 1 aromatic heterocycles. The number of hydrogen-bond acceptors (Lipinski definition) is 4. The van der Waals surface area contributed by atoms with E-state index in [1.165, 1.54) is 0 Å². The number of aliphatic hydroxyl groups excluding tert-OH is 1. The number of carbonyl (C=O) groups is 1. The number of thioether (sulfide) groups is 1. The van der Waals surface area contributed by atoms with E-state index in [-0.39, 0.29) is 5.91 Å². The predicted molar refractivity (Wildman–Crippen MR) is 68.9 cm³/mol. The van der Waals surface area contributed by atoms with Crippen LogP contribution >= 0.6 is 11.8 Å². The Bertz CT molecular complexity index is 329. The summed E-state index contributed by atoms with van der Waals surface area (Å²) in [6, 6.07) is 0. The highest BCUT2D eigenvalue weighted by Gasteiger charge is 2.18. The first-order chi connectivity index (χ1) is 8.15. The minimum atomic E-state index is -0.879. The van der Waals surface area contributed by atoms with Gasteiger partial charge in [0.2, 0.25) is 0 Å². The molecule has 0 unspecified atom stereocenters. The number of hydrogen-bond donors (Lipinski definition) is 1. The molecule has 5 nitrogen and oxygen atoms in total. The molecule has 1 amide bonds. The number of aliphatic hydroxyl groups is 1. The van der Waals surface area contributed by atoms with Gasteiger partial charge >= 0.3 is 0 Å². The van der Waals surface area contributed by atoms with E-state index in [2.05, 4.69) is 4.98 Å². The van der Waals surface area contributed by atoms with Gasteiger partial charge in [-0.05, 0) is 18.4 Å². The van der Waals surface area contributed by atoms with Crippen molar-refractivity contribution in [2.24, 2.45) is 0 Å². The Morgan fingerprint density at radius 1 is 1.65 bits per heavy atom. The van der Waals surface area contributed by atoms with Crippen LogP contribution in [-0.2, 0) is 11.3 Å². The van der Waals surface area contributed by atoms with Crippen molar-refractivity contribution in [1.82, 2.24) is 14.5 Å². The lowest BCUT2D eigenvalue weighted by Gasteiger charge is -2.20. The molecule has 1 heterocycles. The summed E-state index contributed by atoms with van der Waals surface area (Å²) in [4.78, 5) is 17.2. The van der Waals surface area contributed by atoms with Crippen LogP contribution in [0.15, 0.2) is 18.7 Å². The van der Waals surface area contributed by atoms with Crippen molar-refractivity contribution in [3.63, 3.8) is 0 Å². The van der Waals surface area contributed by atoms with E-state index in [0.29, 0.717) is 19.5 Å². The molecule has 0 aliphatic carbocycles. The molecule has 1 rings (SSSR count). The Kier molecular flexibility index (Phi) is 6.07. The van der Waals surface area contributed by atoms with Crippen LogP contribution in [0.1, 0.15) is 6.42 Å². The topological polar surface area (TPSA) is 58.4 Å². The first kappa shape index (κ1) is 14.1. The van der Waals surface area contributed by atoms with Gasteiger partial charge in [-0.25, -0.2) is 4.98 Å². The fourth-order valence-electron chi connectivity index (χ4n) is 1.40. The minimum absolute atomic E-state index is 0.209. The van der Waals surface area contributed by atoms with Gasteiger partial charge in [0.25, 0.3) is 5.91 Å². The Labute approximate surface area is 106 Å². The van der Waals surface area contributed by atoms with Crippen LogP contribution < -0.4 is 0 Å². The fourth-order valence-corrected chi connectivity index (χ4v) is 1.86. The molecule has 17 heavy (non-hydrogen) atoms. The van der Waals surface area contributed by atoms with Crippen molar-refractivity contribution >= 4 is 17.7 Å². The van der Waals surface area contributed by atoms with Crippen LogP contribution in [0.3, 0.4) is 0 Å². The van der Waals surface area contributed by atoms with Crippen LogP contribution in [0, 0.1) is 0 Å². The number of nitrogens with zero attached hydrogens (tertiary/aromatic N) is 3. The maximum Gasteiger partial charge on any atom is 0.251 e. The van der Waals surface area contributed by atoms with E-state index in [9.17, 15) is 9.90 Å². The smallest absolute Gasteiger partial charge is 0.251 e. The zero-order chi connectivity index (χ0) is 12.7. The van der Waals surface area contributed by atoms with Gasteiger partial charge in [0, 0.05) is 32.5 Å². The van der Waals surface area contributed by atoms with Gasteiger partial charge < -0.3 is 14.6 Å². The first-order valence-corrected chi connectivity index (χ1v) is 6.92. The highest BCUT2D eigenvalue weighted by atomic mass is 32.2. The van der Waals surface area contributed by atoms with Crippen molar-refractivity contribution in [2.75, 3.05) is 25.6 Å². The number of aromatic nitrogens is 2. The van der Waals surface area contributed by atoms with Gasteiger partial charge in [-0.15, -0.1) is 0 Å². The summed E-state index contributed by atoms with van der Waals surface area (Å²) in [5.74, 6) is 0.585. The Hall–Kier alpha value is -1.01. The SMILES string of the molecule is CSCC[C@@H](O)C(=O)N(C)CCn1ccnc1. The lowest BCUT2D eigenvalue weighted by atomic mass is 10.2. The van der Waals surface area contributed by atoms with Crippen LogP contribution in [0.5, 0.6) is 0 Å². The number of likely N-dealkylation sites (N-methyl/N-ethyl adjacent to an activating group) is 1. The van der Waals surface area contributed by atoms with E-state index in [1.807, 2.05) is 17.0 Å². The molecule has 0 bridgehead atoms. The Morgan fingerprint density at radius 3 is 3.00 bits per heavy atom. The largest absolute Gasteiger partial charge is 0.383 e. The third-order valence-corrected chi connectivity index (χ3v) is 3.15. The summed E-state index contributed by atoms with van der Waals surface area (Å²) in [5, 5.41) is 9.65. The van der Waals surface area contributed by atoms with Crippen molar-refractivity contribution in [1.29, 1.82) is 0 Å². The van der Waals surface area contributed by atoms with Gasteiger partial charge in [-0.1, -0.05) is 0 Å². The number of carbonyl (C=O) groups excluding carboxylic acids is 1. The average molecular weight is 257 g/mol. The average Bonchev–Trinajstić information content (AvgIpc) is 2.85. The van der Waals surface area contributed by atoms with Gasteiger partial charge in [0.1, 0.15) is 6.10 Å². The molecule has 96 valence electrons. The van der Waals surface area contributed by atoms with Gasteiger partial charge in [0.15, 0.2) is 0 Å². The summed E-state index contributed by atoms with van der Waals surface area (Å²) in [6.07, 6.45) is 6.85. The molecule has 0 aliphatic rings. The molecule has 0 spiro atoms. The molecule has 0 fully saturated rings. The summed E-state index contributed by atoms with van der Waals surface area (Å²) in [6.45, 7) is 1.27. The van der Waals surface area contributed by atoms with E-state index < -0.39 is 6.10 Å². The standard InChI is InChI=1S/C11H19N3O2S/c1-13(6-7-14-5-4-12-9-14)11(16)10(15)3-8-17-2/h4-5,9-10,15H,3,6-8H2,1-2H3/t10-/m1/s1. The summed E-state index contributed by atoms with van der Waals surface area (Å²) in [5.41, 5.74) is 0.